The maximum Gasteiger partial charge on any atom is 0.695 e. The van der Waals surface area contributed by atoms with Crippen molar-refractivity contribution in [3.63, 3.8) is 0 Å². The van der Waals surface area contributed by atoms with Gasteiger partial charge >= 0.3 is 8.25 Å². The first kappa shape index (κ1) is 11.9. The molecule has 0 fully saturated rings. The lowest BCUT2D eigenvalue weighted by molar-refractivity contribution is 0.226. The molecule has 0 amide bonds. The second-order valence-corrected chi connectivity index (χ2v) is 4.23. The molecule has 0 aliphatic carbocycles. The van der Waals surface area contributed by atoms with Gasteiger partial charge in [0.25, 0.3) is 0 Å². The first-order chi connectivity index (χ1) is 8.27. The van der Waals surface area contributed by atoms with Crippen LogP contribution in [-0.2, 0) is 9.09 Å². The summed E-state index contributed by atoms with van der Waals surface area (Å²) in [6.07, 6.45) is -0.508. The van der Waals surface area contributed by atoms with Crippen LogP contribution in [0.25, 0.3) is 0 Å². The summed E-state index contributed by atoms with van der Waals surface area (Å²) in [5, 5.41) is 0. The van der Waals surface area contributed by atoms with Crippen molar-refractivity contribution in [3.8, 4) is 0 Å². The summed E-state index contributed by atoms with van der Waals surface area (Å²) in [7, 11) is -2.64. The van der Waals surface area contributed by atoms with Crippen LogP contribution in [0.4, 0.5) is 0 Å². The largest absolute Gasteiger partial charge is 0.695 e. The molecule has 0 aliphatic heterocycles. The van der Waals surface area contributed by atoms with E-state index >= 15 is 0 Å². The van der Waals surface area contributed by atoms with Crippen molar-refractivity contribution in [2.75, 3.05) is 0 Å². The van der Waals surface area contributed by atoms with Gasteiger partial charge in [-0.2, -0.15) is 0 Å². The highest BCUT2D eigenvalue weighted by Gasteiger charge is 2.25. The number of hydrogen-bond acceptors (Lipinski definition) is 2. The second-order valence-electron chi connectivity index (χ2n) is 3.54. The lowest BCUT2D eigenvalue weighted by atomic mass is 10.0. The third-order valence-electron chi connectivity index (χ3n) is 2.40. The molecular weight excluding hydrogens is 235 g/mol. The molecule has 0 aliphatic rings. The molecule has 1 atom stereocenters. The fourth-order valence-corrected chi connectivity index (χ4v) is 2.08. The molecule has 0 saturated carbocycles. The molecule has 1 N–H and O–H groups in total. The van der Waals surface area contributed by atoms with Gasteiger partial charge in [-0.1, -0.05) is 60.7 Å². The van der Waals surface area contributed by atoms with Crippen LogP contribution in [0.3, 0.4) is 0 Å². The lowest BCUT2D eigenvalue weighted by Crippen LogP contribution is -2.01. The van der Waals surface area contributed by atoms with Crippen molar-refractivity contribution in [3.05, 3.63) is 71.8 Å². The third-order valence-corrected chi connectivity index (χ3v) is 2.79. The third kappa shape index (κ3) is 3.21. The molecule has 0 radical (unpaired) electrons. The topological polar surface area (TPSA) is 46.5 Å². The summed E-state index contributed by atoms with van der Waals surface area (Å²) in [6.45, 7) is 0. The maximum atomic E-state index is 10.9. The Kier molecular flexibility index (Phi) is 3.99. The quantitative estimate of drug-likeness (QED) is 0.842. The SMILES string of the molecule is O=[P+](O)OC(c1ccccc1)c1ccccc1. The van der Waals surface area contributed by atoms with E-state index in [1.165, 1.54) is 0 Å². The van der Waals surface area contributed by atoms with E-state index in [2.05, 4.69) is 0 Å². The second kappa shape index (κ2) is 5.69. The van der Waals surface area contributed by atoms with Crippen LogP contribution >= 0.6 is 8.25 Å². The Morgan fingerprint density at radius 2 is 1.29 bits per heavy atom. The normalized spacial score (nSPS) is 11.5. The number of hydrogen-bond donors (Lipinski definition) is 1. The van der Waals surface area contributed by atoms with Gasteiger partial charge in [0, 0.05) is 4.57 Å². The van der Waals surface area contributed by atoms with Crippen molar-refractivity contribution in [2.45, 2.75) is 6.10 Å². The van der Waals surface area contributed by atoms with Gasteiger partial charge in [0.2, 0.25) is 0 Å². The van der Waals surface area contributed by atoms with Gasteiger partial charge in [-0.05, 0) is 11.1 Å². The minimum absolute atomic E-state index is 0.508. The van der Waals surface area contributed by atoms with Crippen molar-refractivity contribution in [1.82, 2.24) is 0 Å². The lowest BCUT2D eigenvalue weighted by Gasteiger charge is -2.10. The fourth-order valence-electron chi connectivity index (χ4n) is 1.66. The Balaban J connectivity index is 2.36. The van der Waals surface area contributed by atoms with Crippen molar-refractivity contribution in [2.24, 2.45) is 0 Å². The Bertz CT molecular complexity index is 445. The summed E-state index contributed by atoms with van der Waals surface area (Å²) < 4.78 is 16.0. The van der Waals surface area contributed by atoms with Gasteiger partial charge in [0.15, 0.2) is 6.10 Å². The fraction of sp³-hybridized carbons (Fsp3) is 0.0769. The van der Waals surface area contributed by atoms with Crippen LogP contribution in [0.5, 0.6) is 0 Å². The predicted octanol–water partition coefficient (Wildman–Crippen LogP) is 3.44. The first-order valence-corrected chi connectivity index (χ1v) is 6.33. The first-order valence-electron chi connectivity index (χ1n) is 5.20. The van der Waals surface area contributed by atoms with Crippen LogP contribution in [0, 0.1) is 0 Å². The Morgan fingerprint density at radius 3 is 1.65 bits per heavy atom. The minimum Gasteiger partial charge on any atom is -0.133 e. The van der Waals surface area contributed by atoms with Crippen molar-refractivity contribution < 1.29 is 14.0 Å². The molecular formula is C13H12O3P+. The highest BCUT2D eigenvalue weighted by atomic mass is 31.1. The molecule has 2 aromatic rings. The Labute approximate surface area is 101 Å². The molecule has 2 aromatic carbocycles. The standard InChI is InChI=1S/C13H11O3P/c14-17(15)16-13(11-7-3-1-4-8-11)12-9-5-2-6-10-12/h1-10,13H/p+1. The van der Waals surface area contributed by atoms with Gasteiger partial charge in [-0.25, -0.2) is 0 Å². The van der Waals surface area contributed by atoms with E-state index in [0.717, 1.165) is 11.1 Å². The molecule has 0 spiro atoms. The van der Waals surface area contributed by atoms with Crippen molar-refractivity contribution >= 4 is 8.25 Å². The van der Waals surface area contributed by atoms with Crippen molar-refractivity contribution in [1.29, 1.82) is 0 Å². The number of rotatable bonds is 4. The molecule has 0 heterocycles. The van der Waals surface area contributed by atoms with Crippen LogP contribution in [-0.4, -0.2) is 4.89 Å². The molecule has 0 bridgehead atoms. The molecule has 17 heavy (non-hydrogen) atoms. The summed E-state index contributed by atoms with van der Waals surface area (Å²) in [4.78, 5) is 8.93. The Morgan fingerprint density at radius 1 is 0.882 bits per heavy atom. The molecule has 86 valence electrons. The average Bonchev–Trinajstić information content (AvgIpc) is 2.38. The highest BCUT2D eigenvalue weighted by molar-refractivity contribution is 7.32. The van der Waals surface area contributed by atoms with E-state index in [0.29, 0.717) is 0 Å². The summed E-state index contributed by atoms with van der Waals surface area (Å²) in [5.41, 5.74) is 1.72. The molecule has 3 nitrogen and oxygen atoms in total. The zero-order valence-electron chi connectivity index (χ0n) is 9.06. The van der Waals surface area contributed by atoms with E-state index < -0.39 is 14.4 Å². The Hall–Kier alpha value is -1.54. The molecule has 2 rings (SSSR count). The van der Waals surface area contributed by atoms with Crippen LogP contribution in [0.2, 0.25) is 0 Å². The molecule has 1 unspecified atom stereocenters. The smallest absolute Gasteiger partial charge is 0.133 e. The van der Waals surface area contributed by atoms with E-state index in [1.807, 2.05) is 60.7 Å². The maximum absolute atomic E-state index is 10.9. The van der Waals surface area contributed by atoms with Crippen LogP contribution in [0.15, 0.2) is 60.7 Å². The molecule has 0 saturated heterocycles. The summed E-state index contributed by atoms with van der Waals surface area (Å²) in [5.74, 6) is 0. The van der Waals surface area contributed by atoms with Gasteiger partial charge in [0.1, 0.15) is 0 Å². The predicted molar refractivity (Wildman–Crippen MR) is 65.6 cm³/mol. The van der Waals surface area contributed by atoms with Gasteiger partial charge in [-0.15, -0.1) is 9.42 Å². The molecule has 0 aromatic heterocycles. The highest BCUT2D eigenvalue weighted by Crippen LogP contribution is 2.33. The van der Waals surface area contributed by atoms with Crippen LogP contribution < -0.4 is 0 Å². The zero-order chi connectivity index (χ0) is 12.1. The average molecular weight is 247 g/mol. The van der Waals surface area contributed by atoms with E-state index in [9.17, 15) is 4.57 Å². The minimum atomic E-state index is -2.64. The van der Waals surface area contributed by atoms with E-state index in [-0.39, 0.29) is 0 Å². The van der Waals surface area contributed by atoms with Gasteiger partial charge in [0.05, 0.1) is 0 Å². The number of benzene rings is 2. The monoisotopic (exact) mass is 247 g/mol. The van der Waals surface area contributed by atoms with Gasteiger partial charge in [-0.3, -0.25) is 0 Å². The van der Waals surface area contributed by atoms with Gasteiger partial charge < -0.3 is 0 Å². The molecule has 4 heteroatoms. The summed E-state index contributed by atoms with van der Waals surface area (Å²) in [6, 6.07) is 18.8. The summed E-state index contributed by atoms with van der Waals surface area (Å²) >= 11 is 0. The zero-order valence-corrected chi connectivity index (χ0v) is 9.96. The van der Waals surface area contributed by atoms with E-state index in [4.69, 9.17) is 9.42 Å². The van der Waals surface area contributed by atoms with Crippen LogP contribution in [0.1, 0.15) is 17.2 Å². The van der Waals surface area contributed by atoms with E-state index in [1.54, 1.807) is 0 Å².